The van der Waals surface area contributed by atoms with Crippen LogP contribution in [0.2, 0.25) is 0 Å². The van der Waals surface area contributed by atoms with Crippen LogP contribution >= 0.6 is 0 Å². The fraction of sp³-hybridized carbons (Fsp3) is 0.500. The number of amides is 1. The van der Waals surface area contributed by atoms with E-state index in [1.165, 1.54) is 12.1 Å². The molecule has 0 atom stereocenters. The highest BCUT2D eigenvalue weighted by Crippen LogP contribution is 2.16. The molecule has 0 saturated carbocycles. The predicted molar refractivity (Wildman–Crippen MR) is 58.7 cm³/mol. The molecule has 7 nitrogen and oxygen atoms in total. The Hall–Kier alpha value is -1.89. The number of nitro groups is 1. The SMILES string of the molecule is O=C(NC1CCNCC1)c1ccc([N+](=O)[O-])o1. The third-order valence-corrected chi connectivity index (χ3v) is 2.67. The van der Waals surface area contributed by atoms with Crippen LogP contribution in [0.4, 0.5) is 5.88 Å². The van der Waals surface area contributed by atoms with E-state index >= 15 is 0 Å². The van der Waals surface area contributed by atoms with Crippen molar-refractivity contribution in [2.45, 2.75) is 18.9 Å². The summed E-state index contributed by atoms with van der Waals surface area (Å²) in [7, 11) is 0. The van der Waals surface area contributed by atoms with Crippen molar-refractivity contribution in [3.05, 3.63) is 28.0 Å². The van der Waals surface area contributed by atoms with Crippen molar-refractivity contribution in [2.24, 2.45) is 0 Å². The quantitative estimate of drug-likeness (QED) is 0.596. The van der Waals surface area contributed by atoms with Gasteiger partial charge in [-0.3, -0.25) is 14.9 Å². The minimum atomic E-state index is -0.665. The van der Waals surface area contributed by atoms with E-state index in [1.807, 2.05) is 0 Å². The normalized spacial score (nSPS) is 16.7. The van der Waals surface area contributed by atoms with E-state index in [9.17, 15) is 14.9 Å². The number of nitrogens with one attached hydrogen (secondary N) is 2. The van der Waals surface area contributed by atoms with Crippen LogP contribution in [0, 0.1) is 10.1 Å². The van der Waals surface area contributed by atoms with E-state index in [0.29, 0.717) is 0 Å². The molecule has 92 valence electrons. The van der Waals surface area contributed by atoms with Gasteiger partial charge < -0.3 is 15.1 Å². The number of nitrogens with zero attached hydrogens (tertiary/aromatic N) is 1. The summed E-state index contributed by atoms with van der Waals surface area (Å²) in [5, 5.41) is 16.4. The van der Waals surface area contributed by atoms with Crippen LogP contribution in [0.1, 0.15) is 23.4 Å². The van der Waals surface area contributed by atoms with Crippen molar-refractivity contribution in [1.29, 1.82) is 0 Å². The minimum absolute atomic E-state index is 0.0183. The van der Waals surface area contributed by atoms with Gasteiger partial charge in [0.1, 0.15) is 4.92 Å². The predicted octanol–water partition coefficient (Wildman–Crippen LogP) is 0.670. The molecule has 7 heteroatoms. The molecule has 1 aromatic heterocycles. The molecule has 1 aromatic rings. The fourth-order valence-electron chi connectivity index (χ4n) is 1.77. The van der Waals surface area contributed by atoms with Gasteiger partial charge in [-0.25, -0.2) is 0 Å². The summed E-state index contributed by atoms with van der Waals surface area (Å²) in [5.41, 5.74) is 0. The molecule has 1 fully saturated rings. The van der Waals surface area contributed by atoms with E-state index in [1.54, 1.807) is 0 Å². The molecule has 2 heterocycles. The van der Waals surface area contributed by atoms with Crippen LogP contribution in [0.5, 0.6) is 0 Å². The zero-order valence-corrected chi connectivity index (χ0v) is 9.14. The minimum Gasteiger partial charge on any atom is -0.395 e. The van der Waals surface area contributed by atoms with Gasteiger partial charge in [-0.2, -0.15) is 0 Å². The number of furan rings is 1. The first-order valence-electron chi connectivity index (χ1n) is 5.42. The molecule has 1 aliphatic rings. The maximum Gasteiger partial charge on any atom is 0.433 e. The lowest BCUT2D eigenvalue weighted by atomic mass is 10.1. The molecule has 1 aliphatic heterocycles. The molecule has 2 rings (SSSR count). The summed E-state index contributed by atoms with van der Waals surface area (Å²) < 4.78 is 4.82. The van der Waals surface area contributed by atoms with Crippen molar-refractivity contribution in [3.63, 3.8) is 0 Å². The largest absolute Gasteiger partial charge is 0.433 e. The van der Waals surface area contributed by atoms with Crippen molar-refractivity contribution < 1.29 is 14.1 Å². The molecule has 0 bridgehead atoms. The lowest BCUT2D eigenvalue weighted by molar-refractivity contribution is -0.402. The summed E-state index contributed by atoms with van der Waals surface area (Å²) in [4.78, 5) is 21.4. The van der Waals surface area contributed by atoms with Crippen molar-refractivity contribution in [2.75, 3.05) is 13.1 Å². The van der Waals surface area contributed by atoms with Crippen LogP contribution in [-0.4, -0.2) is 30.0 Å². The van der Waals surface area contributed by atoms with Gasteiger partial charge in [-0.1, -0.05) is 0 Å². The van der Waals surface area contributed by atoms with Crippen molar-refractivity contribution >= 4 is 11.8 Å². The Bertz CT molecular complexity index is 423. The first-order chi connectivity index (χ1) is 8.16. The van der Waals surface area contributed by atoms with E-state index in [4.69, 9.17) is 4.42 Å². The Labute approximate surface area is 97.3 Å². The highest BCUT2D eigenvalue weighted by Gasteiger charge is 2.20. The number of hydrogen-bond donors (Lipinski definition) is 2. The molecular formula is C10H13N3O4. The first-order valence-corrected chi connectivity index (χ1v) is 5.42. The second-order valence-corrected chi connectivity index (χ2v) is 3.89. The van der Waals surface area contributed by atoms with Crippen LogP contribution in [-0.2, 0) is 0 Å². The molecule has 2 N–H and O–H groups in total. The molecule has 0 unspecified atom stereocenters. The highest BCUT2D eigenvalue weighted by molar-refractivity contribution is 5.91. The van der Waals surface area contributed by atoms with Gasteiger partial charge in [0, 0.05) is 6.04 Å². The molecule has 0 aliphatic carbocycles. The molecule has 1 amide bonds. The van der Waals surface area contributed by atoms with Crippen LogP contribution < -0.4 is 10.6 Å². The third kappa shape index (κ3) is 2.82. The first kappa shape index (κ1) is 11.6. The van der Waals surface area contributed by atoms with Gasteiger partial charge >= 0.3 is 5.88 Å². The number of piperidine rings is 1. The smallest absolute Gasteiger partial charge is 0.395 e. The summed E-state index contributed by atoms with van der Waals surface area (Å²) >= 11 is 0. The lowest BCUT2D eigenvalue weighted by Crippen LogP contribution is -2.42. The van der Waals surface area contributed by atoms with E-state index in [2.05, 4.69) is 10.6 Å². The maximum absolute atomic E-state index is 11.7. The average molecular weight is 239 g/mol. The number of hydrogen-bond acceptors (Lipinski definition) is 5. The second kappa shape index (κ2) is 4.96. The van der Waals surface area contributed by atoms with Crippen molar-refractivity contribution in [1.82, 2.24) is 10.6 Å². The van der Waals surface area contributed by atoms with Gasteiger partial charge in [0.25, 0.3) is 5.91 Å². The molecule has 0 aromatic carbocycles. The Morgan fingerprint density at radius 2 is 2.18 bits per heavy atom. The summed E-state index contributed by atoms with van der Waals surface area (Å²) in [6.45, 7) is 1.73. The summed E-state index contributed by atoms with van der Waals surface area (Å²) in [5.74, 6) is -0.833. The Morgan fingerprint density at radius 3 is 2.76 bits per heavy atom. The van der Waals surface area contributed by atoms with Gasteiger partial charge in [-0.15, -0.1) is 0 Å². The fourth-order valence-corrected chi connectivity index (χ4v) is 1.77. The zero-order chi connectivity index (χ0) is 12.3. The summed E-state index contributed by atoms with van der Waals surface area (Å²) in [6, 6.07) is 2.60. The Kier molecular flexibility index (Phi) is 3.38. The van der Waals surface area contributed by atoms with E-state index < -0.39 is 16.7 Å². The van der Waals surface area contributed by atoms with Crippen LogP contribution in [0.25, 0.3) is 0 Å². The van der Waals surface area contributed by atoms with Crippen molar-refractivity contribution in [3.8, 4) is 0 Å². The standard InChI is InChI=1S/C10H13N3O4/c14-10(12-7-3-5-11-6-4-7)8-1-2-9(17-8)13(15)16/h1-2,7,11H,3-6H2,(H,12,14). The van der Waals surface area contributed by atoms with Crippen LogP contribution in [0.15, 0.2) is 16.5 Å². The van der Waals surface area contributed by atoms with E-state index in [-0.39, 0.29) is 11.8 Å². The monoisotopic (exact) mass is 239 g/mol. The second-order valence-electron chi connectivity index (χ2n) is 3.89. The molecule has 17 heavy (non-hydrogen) atoms. The number of carbonyl (C=O) groups excluding carboxylic acids is 1. The van der Waals surface area contributed by atoms with Gasteiger partial charge in [0.15, 0.2) is 5.76 Å². The average Bonchev–Trinajstić information content (AvgIpc) is 2.79. The summed E-state index contributed by atoms with van der Waals surface area (Å²) in [6.07, 6.45) is 1.71. The van der Waals surface area contributed by atoms with Gasteiger partial charge in [-0.05, 0) is 32.0 Å². The van der Waals surface area contributed by atoms with E-state index in [0.717, 1.165) is 25.9 Å². The topological polar surface area (TPSA) is 97.4 Å². The maximum atomic E-state index is 11.7. The van der Waals surface area contributed by atoms with Gasteiger partial charge in [0.05, 0.1) is 6.07 Å². The Balaban J connectivity index is 1.96. The lowest BCUT2D eigenvalue weighted by Gasteiger charge is -2.23. The highest BCUT2D eigenvalue weighted by atomic mass is 16.6. The zero-order valence-electron chi connectivity index (χ0n) is 9.14. The van der Waals surface area contributed by atoms with Crippen LogP contribution in [0.3, 0.4) is 0 Å². The Morgan fingerprint density at radius 1 is 1.47 bits per heavy atom. The van der Waals surface area contributed by atoms with Gasteiger partial charge in [0.2, 0.25) is 0 Å². The third-order valence-electron chi connectivity index (χ3n) is 2.67. The molecular weight excluding hydrogens is 226 g/mol. The molecule has 1 saturated heterocycles. The molecule has 0 spiro atoms. The molecule has 0 radical (unpaired) electrons. The number of carbonyl (C=O) groups is 1. The number of rotatable bonds is 3.